The first kappa shape index (κ1) is 23.6. The molecule has 1 aliphatic heterocycles. The van der Waals surface area contributed by atoms with Crippen molar-refractivity contribution in [1.82, 2.24) is 9.88 Å². The van der Waals surface area contributed by atoms with Crippen molar-refractivity contribution >= 4 is 34.4 Å². The minimum Gasteiger partial charge on any atom is -0.493 e. The number of likely N-dealkylation sites (N-methyl/N-ethyl adjacent to an activating group) is 1. The van der Waals surface area contributed by atoms with E-state index < -0.39 is 0 Å². The fourth-order valence-electron chi connectivity index (χ4n) is 4.30. The number of rotatable bonds is 7. The molecule has 1 N–H and O–H groups in total. The number of hydrogen-bond acceptors (Lipinski definition) is 6. The number of aromatic nitrogens is 1. The van der Waals surface area contributed by atoms with Crippen molar-refractivity contribution in [2.24, 2.45) is 0 Å². The highest BCUT2D eigenvalue weighted by Gasteiger charge is 2.18. The van der Waals surface area contributed by atoms with Gasteiger partial charge in [0.15, 0.2) is 11.5 Å². The lowest BCUT2D eigenvalue weighted by atomic mass is 10.1. The summed E-state index contributed by atoms with van der Waals surface area (Å²) in [7, 11) is 3.17. The van der Waals surface area contributed by atoms with Gasteiger partial charge in [-0.05, 0) is 55.4 Å². The molecule has 0 radical (unpaired) electrons. The molecule has 2 heterocycles. The van der Waals surface area contributed by atoms with Crippen molar-refractivity contribution in [1.29, 1.82) is 0 Å². The van der Waals surface area contributed by atoms with Gasteiger partial charge in [-0.25, -0.2) is 4.98 Å². The molecule has 1 aromatic heterocycles. The Balaban J connectivity index is 1.48. The number of carbonyl (C=O) groups excluding carboxylic acids is 1. The van der Waals surface area contributed by atoms with E-state index in [0.29, 0.717) is 11.5 Å². The van der Waals surface area contributed by atoms with Crippen LogP contribution in [-0.4, -0.2) is 62.7 Å². The number of fused-ring (bicyclic) bond motifs is 1. The van der Waals surface area contributed by atoms with Gasteiger partial charge in [0.05, 0.1) is 19.7 Å². The smallest absolute Gasteiger partial charge is 0.248 e. The number of hydrogen-bond donors (Lipinski definition) is 1. The van der Waals surface area contributed by atoms with Crippen LogP contribution in [0, 0.1) is 6.92 Å². The molecule has 1 saturated heterocycles. The normalized spacial score (nSPS) is 14.5. The molecule has 7 nitrogen and oxygen atoms in total. The molecule has 0 unspecified atom stereocenters. The molecule has 0 bridgehead atoms. The van der Waals surface area contributed by atoms with E-state index >= 15 is 0 Å². The molecule has 0 saturated carbocycles. The second-order valence-corrected chi connectivity index (χ2v) is 8.36. The van der Waals surface area contributed by atoms with Gasteiger partial charge in [0.1, 0.15) is 5.82 Å². The van der Waals surface area contributed by atoms with Crippen molar-refractivity contribution in [2.75, 3.05) is 57.2 Å². The van der Waals surface area contributed by atoms with Gasteiger partial charge in [0.25, 0.3) is 0 Å². The second kappa shape index (κ2) is 10.6. The van der Waals surface area contributed by atoms with Gasteiger partial charge in [-0.15, -0.1) is 0 Å². The van der Waals surface area contributed by atoms with Crippen LogP contribution in [0.3, 0.4) is 0 Å². The predicted molar refractivity (Wildman–Crippen MR) is 138 cm³/mol. The van der Waals surface area contributed by atoms with Crippen LogP contribution in [0.1, 0.15) is 18.1 Å². The minimum atomic E-state index is -0.222. The van der Waals surface area contributed by atoms with E-state index in [1.54, 1.807) is 20.3 Å². The molecular formula is C27H32N4O3. The van der Waals surface area contributed by atoms with Crippen molar-refractivity contribution in [3.05, 3.63) is 59.7 Å². The summed E-state index contributed by atoms with van der Waals surface area (Å²) in [6.45, 7) is 9.50. The van der Waals surface area contributed by atoms with Crippen molar-refractivity contribution in [3.63, 3.8) is 0 Å². The predicted octanol–water partition coefficient (Wildman–Crippen LogP) is 4.35. The summed E-state index contributed by atoms with van der Waals surface area (Å²) in [4.78, 5) is 22.3. The lowest BCUT2D eigenvalue weighted by Gasteiger charge is -2.35. The quantitative estimate of drug-likeness (QED) is 0.529. The molecule has 0 atom stereocenters. The monoisotopic (exact) mass is 460 g/mol. The Morgan fingerprint density at radius 3 is 2.59 bits per heavy atom. The van der Waals surface area contributed by atoms with Crippen molar-refractivity contribution in [2.45, 2.75) is 13.8 Å². The highest BCUT2D eigenvalue weighted by atomic mass is 16.5. The SMILES string of the molecule is CCN1CCN(c2cc(C)c3cc(NC(=O)/C=C/c4cccc(OC)c4OC)ccc3n2)CC1. The van der Waals surface area contributed by atoms with Crippen LogP contribution in [0.5, 0.6) is 11.5 Å². The van der Waals surface area contributed by atoms with E-state index in [-0.39, 0.29) is 5.91 Å². The molecular weight excluding hydrogens is 428 g/mol. The van der Waals surface area contributed by atoms with Gasteiger partial charge in [-0.3, -0.25) is 4.79 Å². The molecule has 3 aromatic rings. The van der Waals surface area contributed by atoms with Gasteiger partial charge < -0.3 is 24.6 Å². The van der Waals surface area contributed by atoms with Crippen LogP contribution in [-0.2, 0) is 4.79 Å². The number of anilines is 2. The number of piperazine rings is 1. The standard InChI is InChI=1S/C27H32N4O3/c1-5-30-13-15-31(16-14-30)25-17-19(2)22-18-21(10-11-23(22)29-25)28-26(32)12-9-20-7-6-8-24(33-3)27(20)34-4/h6-12,17-18H,5,13-16H2,1-4H3,(H,28,32)/b12-9+. The molecule has 1 aliphatic rings. The first-order chi connectivity index (χ1) is 16.5. The lowest BCUT2D eigenvalue weighted by Crippen LogP contribution is -2.46. The Labute approximate surface area is 201 Å². The second-order valence-electron chi connectivity index (χ2n) is 8.36. The molecule has 0 aliphatic carbocycles. The first-order valence-corrected chi connectivity index (χ1v) is 11.6. The molecule has 7 heteroatoms. The topological polar surface area (TPSA) is 66.9 Å². The first-order valence-electron chi connectivity index (χ1n) is 11.6. The maximum Gasteiger partial charge on any atom is 0.248 e. The van der Waals surface area contributed by atoms with E-state index in [4.69, 9.17) is 14.5 Å². The number of nitrogens with one attached hydrogen (secondary N) is 1. The van der Waals surface area contributed by atoms with Gasteiger partial charge in [-0.2, -0.15) is 0 Å². The molecule has 34 heavy (non-hydrogen) atoms. The van der Waals surface area contributed by atoms with Gasteiger partial charge >= 0.3 is 0 Å². The number of amides is 1. The fraction of sp³-hybridized carbons (Fsp3) is 0.333. The number of ether oxygens (including phenoxy) is 2. The average molecular weight is 461 g/mol. The maximum absolute atomic E-state index is 12.6. The lowest BCUT2D eigenvalue weighted by molar-refractivity contribution is -0.111. The summed E-state index contributed by atoms with van der Waals surface area (Å²) in [5, 5.41) is 3.98. The number of aryl methyl sites for hydroxylation is 1. The Bertz CT molecular complexity index is 1200. The third kappa shape index (κ3) is 5.15. The molecule has 1 fully saturated rings. The number of pyridine rings is 1. The molecule has 4 rings (SSSR count). The summed E-state index contributed by atoms with van der Waals surface area (Å²) in [5.74, 6) is 2.01. The Morgan fingerprint density at radius 2 is 1.88 bits per heavy atom. The number of benzene rings is 2. The van der Waals surface area contributed by atoms with E-state index in [1.807, 2.05) is 36.4 Å². The summed E-state index contributed by atoms with van der Waals surface area (Å²) >= 11 is 0. The fourth-order valence-corrected chi connectivity index (χ4v) is 4.30. The van der Waals surface area contributed by atoms with Crippen LogP contribution < -0.4 is 19.7 Å². The van der Waals surface area contributed by atoms with E-state index in [1.165, 1.54) is 6.08 Å². The number of carbonyl (C=O) groups is 1. The van der Waals surface area contributed by atoms with Gasteiger partial charge in [0, 0.05) is 48.9 Å². The van der Waals surface area contributed by atoms with Gasteiger partial charge in [-0.1, -0.05) is 19.1 Å². The number of nitrogens with zero attached hydrogens (tertiary/aromatic N) is 3. The molecule has 0 spiro atoms. The summed E-state index contributed by atoms with van der Waals surface area (Å²) in [5.41, 5.74) is 3.57. The highest BCUT2D eigenvalue weighted by molar-refractivity contribution is 6.03. The van der Waals surface area contributed by atoms with Crippen molar-refractivity contribution < 1.29 is 14.3 Å². The molecule has 1 amide bonds. The van der Waals surface area contributed by atoms with Crippen LogP contribution in [0.4, 0.5) is 11.5 Å². The summed E-state index contributed by atoms with van der Waals surface area (Å²) in [6, 6.07) is 13.5. The van der Waals surface area contributed by atoms with Crippen LogP contribution in [0.25, 0.3) is 17.0 Å². The van der Waals surface area contributed by atoms with E-state index in [2.05, 4.69) is 35.0 Å². The third-order valence-corrected chi connectivity index (χ3v) is 6.26. The van der Waals surface area contributed by atoms with Gasteiger partial charge in [0.2, 0.25) is 5.91 Å². The summed E-state index contributed by atoms with van der Waals surface area (Å²) < 4.78 is 10.7. The van der Waals surface area contributed by atoms with Crippen LogP contribution >= 0.6 is 0 Å². The third-order valence-electron chi connectivity index (χ3n) is 6.26. The van der Waals surface area contributed by atoms with E-state index in [0.717, 1.165) is 66.3 Å². The Kier molecular flexibility index (Phi) is 7.33. The van der Waals surface area contributed by atoms with Crippen LogP contribution in [0.15, 0.2) is 48.5 Å². The average Bonchev–Trinajstić information content (AvgIpc) is 2.87. The largest absolute Gasteiger partial charge is 0.493 e. The molecule has 2 aromatic carbocycles. The minimum absolute atomic E-state index is 0.222. The maximum atomic E-state index is 12.6. The molecule has 178 valence electrons. The Morgan fingerprint density at radius 1 is 1.09 bits per heavy atom. The number of methoxy groups -OCH3 is 2. The number of para-hydroxylation sites is 1. The van der Waals surface area contributed by atoms with E-state index in [9.17, 15) is 4.79 Å². The highest BCUT2D eigenvalue weighted by Crippen LogP contribution is 2.31. The van der Waals surface area contributed by atoms with Crippen LogP contribution in [0.2, 0.25) is 0 Å². The van der Waals surface area contributed by atoms with Crippen molar-refractivity contribution in [3.8, 4) is 11.5 Å². The Hall–Kier alpha value is -3.58. The zero-order valence-electron chi connectivity index (χ0n) is 20.3. The zero-order chi connectivity index (χ0) is 24.1. The zero-order valence-corrected chi connectivity index (χ0v) is 20.3. The summed E-state index contributed by atoms with van der Waals surface area (Å²) in [6.07, 6.45) is 3.21.